The molecule has 1 unspecified atom stereocenters. The quantitative estimate of drug-likeness (QED) is 0.774. The van der Waals surface area contributed by atoms with Gasteiger partial charge in [-0.3, -0.25) is 9.59 Å². The fourth-order valence-corrected chi connectivity index (χ4v) is 3.94. The van der Waals surface area contributed by atoms with E-state index in [-0.39, 0.29) is 5.91 Å². The predicted molar refractivity (Wildman–Crippen MR) is 83.2 cm³/mol. The molecule has 0 aromatic rings. The molecule has 5 heteroatoms. The second kappa shape index (κ2) is 6.99. The Labute approximate surface area is 133 Å². The molecule has 0 aromatic heterocycles. The molecule has 0 aromatic carbocycles. The van der Waals surface area contributed by atoms with E-state index >= 15 is 0 Å². The van der Waals surface area contributed by atoms with Gasteiger partial charge in [-0.2, -0.15) is 0 Å². The zero-order valence-corrected chi connectivity index (χ0v) is 13.6. The molecule has 1 atom stereocenters. The molecule has 0 N–H and O–H groups in total. The molecule has 0 radical (unpaired) electrons. The lowest BCUT2D eigenvalue weighted by Crippen LogP contribution is -2.45. The van der Waals surface area contributed by atoms with Crippen LogP contribution in [0.4, 0.5) is 0 Å². The fourth-order valence-electron chi connectivity index (χ4n) is 3.94. The fraction of sp³-hybridized carbons (Fsp3) is 0.882. The molecule has 2 heterocycles. The summed E-state index contributed by atoms with van der Waals surface area (Å²) in [5, 5.41) is 0. The summed E-state index contributed by atoms with van der Waals surface area (Å²) in [4.78, 5) is 28.4. The molecular weight excluding hydrogens is 280 g/mol. The number of carbonyl (C=O) groups is 2. The largest absolute Gasteiger partial charge is 0.384 e. The van der Waals surface area contributed by atoms with Crippen LogP contribution in [0.1, 0.15) is 38.5 Å². The number of methoxy groups -OCH3 is 1. The first kappa shape index (κ1) is 15.8. The monoisotopic (exact) mass is 308 g/mol. The highest BCUT2D eigenvalue weighted by Gasteiger charge is 2.34. The Hall–Kier alpha value is -1.10. The molecule has 0 bridgehead atoms. The lowest BCUT2D eigenvalue weighted by Gasteiger charge is -2.37. The predicted octanol–water partition coefficient (Wildman–Crippen LogP) is 1.52. The van der Waals surface area contributed by atoms with Gasteiger partial charge in [0.05, 0.1) is 6.61 Å². The highest BCUT2D eigenvalue weighted by Crippen LogP contribution is 2.30. The van der Waals surface area contributed by atoms with Crippen LogP contribution in [0.3, 0.4) is 0 Å². The summed E-state index contributed by atoms with van der Waals surface area (Å²) in [7, 11) is 1.70. The lowest BCUT2D eigenvalue weighted by molar-refractivity contribution is -0.140. The maximum Gasteiger partial charge on any atom is 0.225 e. The van der Waals surface area contributed by atoms with Gasteiger partial charge in [-0.25, -0.2) is 0 Å². The summed E-state index contributed by atoms with van der Waals surface area (Å²) in [5.74, 6) is 1.87. The number of piperidine rings is 1. The number of hydrogen-bond acceptors (Lipinski definition) is 3. The van der Waals surface area contributed by atoms with Gasteiger partial charge in [0.15, 0.2) is 0 Å². The third-order valence-electron chi connectivity index (χ3n) is 5.56. The summed E-state index contributed by atoms with van der Waals surface area (Å²) in [6.07, 6.45) is 6.09. The first-order chi connectivity index (χ1) is 10.7. The van der Waals surface area contributed by atoms with E-state index in [9.17, 15) is 9.59 Å². The molecule has 5 nitrogen and oxygen atoms in total. The van der Waals surface area contributed by atoms with Gasteiger partial charge in [0.1, 0.15) is 0 Å². The van der Waals surface area contributed by atoms with E-state index in [1.165, 1.54) is 6.42 Å². The van der Waals surface area contributed by atoms with E-state index in [0.717, 1.165) is 51.9 Å². The van der Waals surface area contributed by atoms with Crippen LogP contribution in [0.15, 0.2) is 0 Å². The van der Waals surface area contributed by atoms with Gasteiger partial charge in [-0.15, -0.1) is 0 Å². The smallest absolute Gasteiger partial charge is 0.225 e. The van der Waals surface area contributed by atoms with Crippen LogP contribution in [0, 0.1) is 17.8 Å². The number of nitrogens with zero attached hydrogens (tertiary/aromatic N) is 2. The van der Waals surface area contributed by atoms with Crippen molar-refractivity contribution in [2.45, 2.75) is 38.5 Å². The van der Waals surface area contributed by atoms with E-state index in [4.69, 9.17) is 4.74 Å². The number of amides is 2. The van der Waals surface area contributed by atoms with Crippen LogP contribution in [-0.2, 0) is 14.3 Å². The zero-order valence-electron chi connectivity index (χ0n) is 13.6. The van der Waals surface area contributed by atoms with Crippen molar-refractivity contribution < 1.29 is 14.3 Å². The summed E-state index contributed by atoms with van der Waals surface area (Å²) in [5.41, 5.74) is 0. The molecule has 2 saturated heterocycles. The van der Waals surface area contributed by atoms with Crippen molar-refractivity contribution in [1.82, 2.24) is 9.80 Å². The van der Waals surface area contributed by atoms with Gasteiger partial charge in [0.2, 0.25) is 11.8 Å². The van der Waals surface area contributed by atoms with Crippen LogP contribution in [0.5, 0.6) is 0 Å². The van der Waals surface area contributed by atoms with Crippen molar-refractivity contribution >= 4 is 11.8 Å². The Kier molecular flexibility index (Phi) is 5.01. The molecule has 1 aliphatic carbocycles. The maximum absolute atomic E-state index is 12.2. The number of hydrogen-bond donors (Lipinski definition) is 0. The number of ether oxygens (including phenoxy) is 1. The first-order valence-electron chi connectivity index (χ1n) is 8.73. The summed E-state index contributed by atoms with van der Waals surface area (Å²) >= 11 is 0. The lowest BCUT2D eigenvalue weighted by atomic mass is 9.83. The number of likely N-dealkylation sites (tertiary alicyclic amines) is 2. The SMILES string of the molecule is COCC1CC(=O)N(CC2CCN(C(=O)C3CCC3)CC2)C1. The van der Waals surface area contributed by atoms with E-state index in [1.807, 2.05) is 4.90 Å². The second-order valence-corrected chi connectivity index (χ2v) is 7.22. The third kappa shape index (κ3) is 3.45. The topological polar surface area (TPSA) is 49.9 Å². The highest BCUT2D eigenvalue weighted by atomic mass is 16.5. The molecule has 3 fully saturated rings. The van der Waals surface area contributed by atoms with E-state index in [2.05, 4.69) is 4.90 Å². The van der Waals surface area contributed by atoms with Crippen molar-refractivity contribution in [2.75, 3.05) is 39.9 Å². The van der Waals surface area contributed by atoms with Gasteiger partial charge in [0.25, 0.3) is 0 Å². The Morgan fingerprint density at radius 3 is 2.50 bits per heavy atom. The molecule has 3 rings (SSSR count). The molecule has 124 valence electrons. The minimum absolute atomic E-state index is 0.273. The summed E-state index contributed by atoms with van der Waals surface area (Å²) < 4.78 is 5.17. The average Bonchev–Trinajstić information content (AvgIpc) is 2.78. The van der Waals surface area contributed by atoms with E-state index in [1.54, 1.807) is 7.11 Å². The van der Waals surface area contributed by atoms with Crippen LogP contribution in [-0.4, -0.2) is 61.5 Å². The Balaban J connectivity index is 1.42. The Morgan fingerprint density at radius 1 is 1.18 bits per heavy atom. The van der Waals surface area contributed by atoms with Crippen molar-refractivity contribution in [3.8, 4) is 0 Å². The van der Waals surface area contributed by atoms with E-state index in [0.29, 0.717) is 36.7 Å². The van der Waals surface area contributed by atoms with Crippen molar-refractivity contribution in [1.29, 1.82) is 0 Å². The van der Waals surface area contributed by atoms with Crippen molar-refractivity contribution in [2.24, 2.45) is 17.8 Å². The zero-order chi connectivity index (χ0) is 15.5. The van der Waals surface area contributed by atoms with E-state index < -0.39 is 0 Å². The van der Waals surface area contributed by atoms with Crippen LogP contribution < -0.4 is 0 Å². The number of carbonyl (C=O) groups excluding carboxylic acids is 2. The van der Waals surface area contributed by atoms with Crippen LogP contribution in [0.25, 0.3) is 0 Å². The third-order valence-corrected chi connectivity index (χ3v) is 5.56. The molecule has 3 aliphatic rings. The van der Waals surface area contributed by atoms with Crippen molar-refractivity contribution in [3.63, 3.8) is 0 Å². The molecule has 2 aliphatic heterocycles. The Morgan fingerprint density at radius 2 is 1.91 bits per heavy atom. The van der Waals surface area contributed by atoms with Crippen LogP contribution in [0.2, 0.25) is 0 Å². The first-order valence-corrected chi connectivity index (χ1v) is 8.73. The minimum Gasteiger partial charge on any atom is -0.384 e. The maximum atomic E-state index is 12.2. The van der Waals surface area contributed by atoms with Crippen molar-refractivity contribution in [3.05, 3.63) is 0 Å². The summed E-state index contributed by atoms with van der Waals surface area (Å²) in [6.45, 7) is 4.14. The Bertz CT molecular complexity index is 414. The van der Waals surface area contributed by atoms with Gasteiger partial charge in [-0.05, 0) is 31.6 Å². The molecular formula is C17H28N2O3. The minimum atomic E-state index is 0.273. The molecule has 22 heavy (non-hydrogen) atoms. The van der Waals surface area contributed by atoms with Gasteiger partial charge < -0.3 is 14.5 Å². The summed E-state index contributed by atoms with van der Waals surface area (Å²) in [6, 6.07) is 0. The van der Waals surface area contributed by atoms with Gasteiger partial charge >= 0.3 is 0 Å². The molecule has 1 saturated carbocycles. The highest BCUT2D eigenvalue weighted by molar-refractivity contribution is 5.80. The van der Waals surface area contributed by atoms with Gasteiger partial charge in [0, 0.05) is 51.5 Å². The normalized spacial score (nSPS) is 27.3. The standard InChI is InChI=1S/C17H28N2O3/c1-22-12-14-9-16(20)19(11-14)10-13-5-7-18(8-6-13)17(21)15-3-2-4-15/h13-15H,2-12H2,1H3. The second-order valence-electron chi connectivity index (χ2n) is 7.22. The number of rotatable bonds is 5. The molecule has 2 amide bonds. The van der Waals surface area contributed by atoms with Gasteiger partial charge in [-0.1, -0.05) is 6.42 Å². The van der Waals surface area contributed by atoms with Crippen LogP contribution >= 0.6 is 0 Å². The molecule has 0 spiro atoms. The average molecular weight is 308 g/mol.